The van der Waals surface area contributed by atoms with Crippen LogP contribution < -0.4 is 9.47 Å². The van der Waals surface area contributed by atoms with E-state index in [2.05, 4.69) is 20.5 Å². The summed E-state index contributed by atoms with van der Waals surface area (Å²) in [5.41, 5.74) is 3.43. The van der Waals surface area contributed by atoms with Crippen molar-refractivity contribution >= 4 is 30.7 Å². The van der Waals surface area contributed by atoms with Crippen LogP contribution in [0.3, 0.4) is 0 Å². The lowest BCUT2D eigenvalue weighted by Crippen LogP contribution is -2.35. The molecule has 1 aliphatic rings. The average molecular weight is 532 g/mol. The van der Waals surface area contributed by atoms with E-state index < -0.39 is 0 Å². The van der Waals surface area contributed by atoms with Crippen molar-refractivity contribution in [2.75, 3.05) is 40.4 Å². The van der Waals surface area contributed by atoms with Crippen LogP contribution in [0.25, 0.3) is 0 Å². The van der Waals surface area contributed by atoms with Gasteiger partial charge < -0.3 is 18.9 Å². The Bertz CT molecular complexity index is 1180. The van der Waals surface area contributed by atoms with Crippen molar-refractivity contribution in [2.24, 2.45) is 0 Å². The van der Waals surface area contributed by atoms with Crippen molar-refractivity contribution in [1.29, 1.82) is 5.26 Å². The molecule has 36 heavy (non-hydrogen) atoms. The Kier molecular flexibility index (Phi) is 11.1. The zero-order chi connectivity index (χ0) is 23.9. The van der Waals surface area contributed by atoms with Crippen molar-refractivity contribution in [1.82, 2.24) is 19.4 Å². The van der Waals surface area contributed by atoms with Gasteiger partial charge in [-0.3, -0.25) is 9.69 Å². The Hall–Kier alpha value is -3.25. The van der Waals surface area contributed by atoms with Crippen LogP contribution in [0.4, 0.5) is 0 Å². The van der Waals surface area contributed by atoms with Crippen LogP contribution in [-0.2, 0) is 13.1 Å². The van der Waals surface area contributed by atoms with E-state index in [0.717, 1.165) is 37.3 Å². The standard InChI is InChI=1S/C26H29N5O3.2ClH/c1-33-24-6-3-5-23(25(24)34-2)26(32)30-12-4-11-29(13-14-30)18-22-16-28-19-31(22)17-21-9-7-20(15-27)8-10-21;;/h3,5-10,16,19H,4,11-14,17-18H2,1-2H3;2*1H. The molecule has 0 N–H and O–H groups in total. The lowest BCUT2D eigenvalue weighted by Gasteiger charge is -2.23. The summed E-state index contributed by atoms with van der Waals surface area (Å²) in [6.07, 6.45) is 4.64. The van der Waals surface area contributed by atoms with E-state index in [1.165, 1.54) is 0 Å². The van der Waals surface area contributed by atoms with E-state index in [1.807, 2.05) is 47.8 Å². The third-order valence-corrected chi connectivity index (χ3v) is 6.13. The maximum absolute atomic E-state index is 13.3. The molecule has 192 valence electrons. The predicted molar refractivity (Wildman–Crippen MR) is 142 cm³/mol. The molecule has 3 aromatic rings. The van der Waals surface area contributed by atoms with E-state index in [-0.39, 0.29) is 30.7 Å². The minimum atomic E-state index is -0.0385. The average Bonchev–Trinajstić information content (AvgIpc) is 3.16. The molecular formula is C26H31Cl2N5O3. The van der Waals surface area contributed by atoms with E-state index in [9.17, 15) is 4.79 Å². The number of ether oxygens (including phenoxy) is 2. The van der Waals surface area contributed by atoms with Gasteiger partial charge in [-0.25, -0.2) is 4.98 Å². The largest absolute Gasteiger partial charge is 0.493 e. The highest BCUT2D eigenvalue weighted by molar-refractivity contribution is 5.97. The maximum Gasteiger partial charge on any atom is 0.257 e. The Morgan fingerprint density at radius 2 is 1.78 bits per heavy atom. The molecule has 0 spiro atoms. The first-order valence-electron chi connectivity index (χ1n) is 11.3. The molecule has 0 unspecified atom stereocenters. The number of hydrogen-bond donors (Lipinski definition) is 0. The van der Waals surface area contributed by atoms with E-state index in [4.69, 9.17) is 14.7 Å². The molecular weight excluding hydrogens is 501 g/mol. The van der Waals surface area contributed by atoms with Crippen LogP contribution >= 0.6 is 24.8 Å². The minimum absolute atomic E-state index is 0. The monoisotopic (exact) mass is 531 g/mol. The number of carbonyl (C=O) groups is 1. The summed E-state index contributed by atoms with van der Waals surface area (Å²) in [6, 6.07) is 15.2. The first-order valence-corrected chi connectivity index (χ1v) is 11.3. The van der Waals surface area contributed by atoms with Gasteiger partial charge in [-0.2, -0.15) is 5.26 Å². The Morgan fingerprint density at radius 3 is 2.47 bits per heavy atom. The molecule has 2 aromatic carbocycles. The Labute approximate surface area is 224 Å². The molecule has 0 radical (unpaired) electrons. The smallest absolute Gasteiger partial charge is 0.257 e. The second kappa shape index (κ2) is 13.7. The molecule has 0 saturated carbocycles. The first-order chi connectivity index (χ1) is 16.6. The summed E-state index contributed by atoms with van der Waals surface area (Å²) in [5, 5.41) is 8.99. The van der Waals surface area contributed by atoms with Crippen LogP contribution in [0, 0.1) is 11.3 Å². The normalized spacial score (nSPS) is 13.5. The lowest BCUT2D eigenvalue weighted by molar-refractivity contribution is 0.0757. The molecule has 1 aliphatic heterocycles. The molecule has 1 saturated heterocycles. The van der Waals surface area contributed by atoms with Crippen molar-refractivity contribution in [2.45, 2.75) is 19.5 Å². The molecule has 1 aromatic heterocycles. The minimum Gasteiger partial charge on any atom is -0.493 e. The van der Waals surface area contributed by atoms with Gasteiger partial charge >= 0.3 is 0 Å². The van der Waals surface area contributed by atoms with Gasteiger partial charge in [-0.1, -0.05) is 18.2 Å². The highest BCUT2D eigenvalue weighted by atomic mass is 35.5. The van der Waals surface area contributed by atoms with Crippen LogP contribution in [-0.4, -0.2) is 65.7 Å². The van der Waals surface area contributed by atoms with Gasteiger partial charge in [0.1, 0.15) is 0 Å². The molecule has 8 nitrogen and oxygen atoms in total. The third-order valence-electron chi connectivity index (χ3n) is 6.13. The fourth-order valence-corrected chi connectivity index (χ4v) is 4.29. The number of rotatable bonds is 7. The molecule has 2 heterocycles. The van der Waals surface area contributed by atoms with Gasteiger partial charge in [0.2, 0.25) is 0 Å². The second-order valence-corrected chi connectivity index (χ2v) is 8.28. The topological polar surface area (TPSA) is 83.6 Å². The molecule has 0 atom stereocenters. The van der Waals surface area contributed by atoms with Gasteiger partial charge in [-0.05, 0) is 36.2 Å². The van der Waals surface area contributed by atoms with Crippen molar-refractivity contribution in [3.63, 3.8) is 0 Å². The number of aromatic nitrogens is 2. The van der Waals surface area contributed by atoms with E-state index in [1.54, 1.807) is 26.4 Å². The second-order valence-electron chi connectivity index (χ2n) is 8.28. The number of amides is 1. The number of hydrogen-bond acceptors (Lipinski definition) is 6. The Morgan fingerprint density at radius 1 is 1.00 bits per heavy atom. The fourth-order valence-electron chi connectivity index (χ4n) is 4.29. The first kappa shape index (κ1) is 29.0. The lowest BCUT2D eigenvalue weighted by atomic mass is 10.1. The summed E-state index contributed by atoms with van der Waals surface area (Å²) >= 11 is 0. The van der Waals surface area contributed by atoms with Crippen LogP contribution in [0.15, 0.2) is 55.0 Å². The molecule has 0 bridgehead atoms. The zero-order valence-electron chi connectivity index (χ0n) is 20.4. The summed E-state index contributed by atoms with van der Waals surface area (Å²) in [5.74, 6) is 0.992. The molecule has 0 aliphatic carbocycles. The third kappa shape index (κ3) is 6.70. The van der Waals surface area contributed by atoms with Gasteiger partial charge in [0.05, 0.1) is 43.4 Å². The van der Waals surface area contributed by atoms with Gasteiger partial charge in [0, 0.05) is 45.5 Å². The highest BCUT2D eigenvalue weighted by Crippen LogP contribution is 2.31. The number of nitrogens with zero attached hydrogens (tertiary/aromatic N) is 5. The number of methoxy groups -OCH3 is 2. The quantitative estimate of drug-likeness (QED) is 0.457. The number of nitriles is 1. The van der Waals surface area contributed by atoms with Crippen LogP contribution in [0.5, 0.6) is 11.5 Å². The predicted octanol–water partition coefficient (Wildman–Crippen LogP) is 4.01. The Balaban J connectivity index is 0.00000228. The maximum atomic E-state index is 13.3. The van der Waals surface area contributed by atoms with E-state index in [0.29, 0.717) is 42.3 Å². The zero-order valence-corrected chi connectivity index (χ0v) is 22.1. The molecule has 1 fully saturated rings. The van der Waals surface area contributed by atoms with Gasteiger partial charge in [-0.15, -0.1) is 24.8 Å². The molecule has 4 rings (SSSR count). The number of para-hydroxylation sites is 1. The number of halogens is 2. The SMILES string of the molecule is COc1cccc(C(=O)N2CCCN(Cc3cncn3Cc3ccc(C#N)cc3)CC2)c1OC.Cl.Cl. The fraction of sp³-hybridized carbons (Fsp3) is 0.346. The van der Waals surface area contributed by atoms with Crippen molar-refractivity contribution < 1.29 is 14.3 Å². The van der Waals surface area contributed by atoms with Gasteiger partial charge in [0.25, 0.3) is 5.91 Å². The molecule has 10 heteroatoms. The molecule has 1 amide bonds. The van der Waals surface area contributed by atoms with Crippen LogP contribution in [0.2, 0.25) is 0 Å². The number of carbonyl (C=O) groups excluding carboxylic acids is 1. The van der Waals surface area contributed by atoms with E-state index >= 15 is 0 Å². The summed E-state index contributed by atoms with van der Waals surface area (Å²) < 4.78 is 13.0. The number of benzene rings is 2. The van der Waals surface area contributed by atoms with Crippen LogP contribution in [0.1, 0.15) is 33.6 Å². The summed E-state index contributed by atoms with van der Waals surface area (Å²) in [6.45, 7) is 4.49. The summed E-state index contributed by atoms with van der Waals surface area (Å²) in [7, 11) is 3.13. The van der Waals surface area contributed by atoms with Gasteiger partial charge in [0.15, 0.2) is 11.5 Å². The highest BCUT2D eigenvalue weighted by Gasteiger charge is 2.24. The summed E-state index contributed by atoms with van der Waals surface area (Å²) in [4.78, 5) is 21.9. The number of imidazole rings is 1. The van der Waals surface area contributed by atoms with Crippen molar-refractivity contribution in [3.8, 4) is 17.6 Å². The van der Waals surface area contributed by atoms with Crippen molar-refractivity contribution in [3.05, 3.63) is 77.4 Å².